The number of benzene rings is 1. The molecule has 0 bridgehead atoms. The number of carbonyl (C=O) groups excluding carboxylic acids is 2. The lowest BCUT2D eigenvalue weighted by Gasteiger charge is -2.15. The van der Waals surface area contributed by atoms with E-state index in [1.807, 2.05) is 39.0 Å². The zero-order valence-electron chi connectivity index (χ0n) is 15.3. The molecule has 134 valence electrons. The predicted molar refractivity (Wildman–Crippen MR) is 94.4 cm³/mol. The van der Waals surface area contributed by atoms with E-state index in [4.69, 9.17) is 9.26 Å². The van der Waals surface area contributed by atoms with Crippen LogP contribution >= 0.6 is 0 Å². The minimum atomic E-state index is -0.863. The van der Waals surface area contributed by atoms with Gasteiger partial charge in [0.15, 0.2) is 6.10 Å². The van der Waals surface area contributed by atoms with E-state index in [0.29, 0.717) is 17.9 Å². The Balaban J connectivity index is 1.86. The largest absolute Gasteiger partial charge is 0.453 e. The van der Waals surface area contributed by atoms with Gasteiger partial charge in [-0.1, -0.05) is 22.9 Å². The fourth-order valence-corrected chi connectivity index (χ4v) is 2.58. The molecule has 0 saturated carbocycles. The van der Waals surface area contributed by atoms with Crippen molar-refractivity contribution >= 4 is 17.6 Å². The maximum Gasteiger partial charge on any atom is 0.306 e. The lowest BCUT2D eigenvalue weighted by atomic mass is 10.1. The summed E-state index contributed by atoms with van der Waals surface area (Å²) < 4.78 is 10.3. The number of aryl methyl sites for hydroxylation is 4. The van der Waals surface area contributed by atoms with Gasteiger partial charge in [0.1, 0.15) is 5.76 Å². The molecular weight excluding hydrogens is 320 g/mol. The second kappa shape index (κ2) is 7.96. The topological polar surface area (TPSA) is 81.4 Å². The van der Waals surface area contributed by atoms with Crippen LogP contribution < -0.4 is 5.32 Å². The smallest absolute Gasteiger partial charge is 0.306 e. The van der Waals surface area contributed by atoms with E-state index in [1.165, 1.54) is 0 Å². The van der Waals surface area contributed by atoms with Crippen LogP contribution in [0.4, 0.5) is 5.69 Å². The van der Waals surface area contributed by atoms with Crippen LogP contribution in [0, 0.1) is 27.7 Å². The normalized spacial score (nSPS) is 11.9. The van der Waals surface area contributed by atoms with Gasteiger partial charge >= 0.3 is 5.97 Å². The first-order valence-electron chi connectivity index (χ1n) is 8.27. The van der Waals surface area contributed by atoms with Crippen molar-refractivity contribution in [2.24, 2.45) is 0 Å². The van der Waals surface area contributed by atoms with Crippen LogP contribution in [-0.4, -0.2) is 23.1 Å². The molecule has 1 heterocycles. The third-order valence-corrected chi connectivity index (χ3v) is 4.08. The number of aromatic nitrogens is 1. The molecule has 1 aromatic heterocycles. The molecule has 0 spiro atoms. The van der Waals surface area contributed by atoms with Crippen LogP contribution in [0.3, 0.4) is 0 Å². The lowest BCUT2D eigenvalue weighted by molar-refractivity contribution is -0.153. The Kier molecular flexibility index (Phi) is 5.96. The summed E-state index contributed by atoms with van der Waals surface area (Å²) in [6.07, 6.45) is -0.215. The van der Waals surface area contributed by atoms with Gasteiger partial charge in [-0.3, -0.25) is 9.59 Å². The SMILES string of the molecule is Cc1ccc(NC(=O)[C@@H](C)OC(=O)CCc2c(C)noc2C)c(C)c1. The van der Waals surface area contributed by atoms with Crippen LogP contribution in [0.1, 0.15) is 41.5 Å². The minimum Gasteiger partial charge on any atom is -0.453 e. The van der Waals surface area contributed by atoms with Gasteiger partial charge < -0.3 is 14.6 Å². The van der Waals surface area contributed by atoms with E-state index in [-0.39, 0.29) is 12.3 Å². The number of nitrogens with zero attached hydrogens (tertiary/aromatic N) is 1. The summed E-state index contributed by atoms with van der Waals surface area (Å²) in [5.41, 5.74) is 4.48. The van der Waals surface area contributed by atoms with E-state index >= 15 is 0 Å². The summed E-state index contributed by atoms with van der Waals surface area (Å²) in [5.74, 6) is -0.0770. The maximum atomic E-state index is 12.2. The second-order valence-electron chi connectivity index (χ2n) is 6.24. The summed E-state index contributed by atoms with van der Waals surface area (Å²) >= 11 is 0. The van der Waals surface area contributed by atoms with Crippen molar-refractivity contribution < 1.29 is 18.8 Å². The van der Waals surface area contributed by atoms with Crippen LogP contribution in [0.5, 0.6) is 0 Å². The number of carbonyl (C=O) groups is 2. The number of hydrogen-bond donors (Lipinski definition) is 1. The van der Waals surface area contributed by atoms with Gasteiger partial charge in [-0.15, -0.1) is 0 Å². The van der Waals surface area contributed by atoms with Gasteiger partial charge in [0, 0.05) is 17.7 Å². The first kappa shape index (κ1) is 18.7. The molecule has 1 amide bonds. The van der Waals surface area contributed by atoms with E-state index in [0.717, 1.165) is 22.4 Å². The zero-order valence-corrected chi connectivity index (χ0v) is 15.3. The molecule has 0 saturated heterocycles. The lowest BCUT2D eigenvalue weighted by Crippen LogP contribution is -2.30. The number of ether oxygens (including phenoxy) is 1. The Hall–Kier alpha value is -2.63. The highest BCUT2D eigenvalue weighted by atomic mass is 16.5. The average Bonchev–Trinajstić information content (AvgIpc) is 2.86. The third kappa shape index (κ3) is 4.92. The van der Waals surface area contributed by atoms with Gasteiger partial charge in [0.05, 0.1) is 5.69 Å². The Morgan fingerprint density at radius 1 is 1.24 bits per heavy atom. The molecule has 0 unspecified atom stereocenters. The van der Waals surface area contributed by atoms with Crippen LogP contribution in [0.15, 0.2) is 22.7 Å². The molecule has 0 fully saturated rings. The molecule has 0 radical (unpaired) electrons. The summed E-state index contributed by atoms with van der Waals surface area (Å²) in [7, 11) is 0. The van der Waals surface area contributed by atoms with E-state index in [9.17, 15) is 9.59 Å². The summed E-state index contributed by atoms with van der Waals surface area (Å²) in [5, 5.41) is 6.64. The number of esters is 1. The Labute approximate surface area is 147 Å². The standard InChI is InChI=1S/C19H24N2O4/c1-11-6-8-17(12(2)10-11)20-19(23)15(5)24-18(22)9-7-16-13(3)21-25-14(16)4/h6,8,10,15H,7,9H2,1-5H3,(H,20,23)/t15-/m1/s1. The fraction of sp³-hybridized carbons (Fsp3) is 0.421. The monoisotopic (exact) mass is 344 g/mol. The van der Waals surface area contributed by atoms with Crippen molar-refractivity contribution in [3.8, 4) is 0 Å². The van der Waals surface area contributed by atoms with Crippen molar-refractivity contribution in [3.63, 3.8) is 0 Å². The van der Waals surface area contributed by atoms with Crippen LogP contribution in [0.2, 0.25) is 0 Å². The molecule has 6 heteroatoms. The average molecular weight is 344 g/mol. The zero-order chi connectivity index (χ0) is 18.6. The molecule has 0 aliphatic heterocycles. The highest BCUT2D eigenvalue weighted by molar-refractivity contribution is 5.95. The first-order chi connectivity index (χ1) is 11.8. The highest BCUT2D eigenvalue weighted by Gasteiger charge is 2.19. The third-order valence-electron chi connectivity index (χ3n) is 4.08. The molecular formula is C19H24N2O4. The van der Waals surface area contributed by atoms with Gasteiger partial charge in [-0.25, -0.2) is 0 Å². The Bertz CT molecular complexity index is 760. The first-order valence-corrected chi connectivity index (χ1v) is 8.27. The van der Waals surface area contributed by atoms with Gasteiger partial charge in [0.2, 0.25) is 0 Å². The van der Waals surface area contributed by atoms with Crippen molar-refractivity contribution in [3.05, 3.63) is 46.3 Å². The number of amides is 1. The van der Waals surface area contributed by atoms with Gasteiger partial charge in [0.25, 0.3) is 5.91 Å². The van der Waals surface area contributed by atoms with Crippen molar-refractivity contribution in [1.82, 2.24) is 5.16 Å². The molecule has 1 aromatic carbocycles. The number of rotatable bonds is 6. The summed E-state index contributed by atoms with van der Waals surface area (Å²) in [6.45, 7) is 9.11. The maximum absolute atomic E-state index is 12.2. The Morgan fingerprint density at radius 3 is 2.56 bits per heavy atom. The summed E-state index contributed by atoms with van der Waals surface area (Å²) in [6, 6.07) is 5.74. The molecule has 2 rings (SSSR count). The molecule has 1 N–H and O–H groups in total. The molecule has 2 aromatic rings. The van der Waals surface area contributed by atoms with Crippen LogP contribution in [0.25, 0.3) is 0 Å². The molecule has 25 heavy (non-hydrogen) atoms. The number of hydrogen-bond acceptors (Lipinski definition) is 5. The van der Waals surface area contributed by atoms with Gasteiger partial charge in [-0.05, 0) is 52.7 Å². The second-order valence-corrected chi connectivity index (χ2v) is 6.24. The quantitative estimate of drug-likeness (QED) is 0.812. The van der Waals surface area contributed by atoms with E-state index < -0.39 is 12.1 Å². The van der Waals surface area contributed by atoms with E-state index in [2.05, 4.69) is 10.5 Å². The summed E-state index contributed by atoms with van der Waals surface area (Å²) in [4.78, 5) is 24.2. The number of anilines is 1. The Morgan fingerprint density at radius 2 is 1.96 bits per heavy atom. The fourth-order valence-electron chi connectivity index (χ4n) is 2.58. The number of nitrogens with one attached hydrogen (secondary N) is 1. The predicted octanol–water partition coefficient (Wildman–Crippen LogP) is 3.41. The van der Waals surface area contributed by atoms with Crippen molar-refractivity contribution in [2.45, 2.75) is 53.6 Å². The minimum absolute atomic E-state index is 0.171. The highest BCUT2D eigenvalue weighted by Crippen LogP contribution is 2.17. The van der Waals surface area contributed by atoms with Crippen molar-refractivity contribution in [1.29, 1.82) is 0 Å². The molecule has 6 nitrogen and oxygen atoms in total. The van der Waals surface area contributed by atoms with Crippen molar-refractivity contribution in [2.75, 3.05) is 5.32 Å². The van der Waals surface area contributed by atoms with Crippen LogP contribution in [-0.2, 0) is 20.7 Å². The molecule has 0 aliphatic carbocycles. The molecule has 0 aliphatic rings. The van der Waals surface area contributed by atoms with E-state index in [1.54, 1.807) is 13.8 Å². The molecule has 1 atom stereocenters. The van der Waals surface area contributed by atoms with Gasteiger partial charge in [-0.2, -0.15) is 0 Å².